The second kappa shape index (κ2) is 32.9. The smallest absolute Gasteiger partial charge is 0.333 e. The van der Waals surface area contributed by atoms with Crippen LogP contribution in [0, 0.1) is 5.41 Å². The van der Waals surface area contributed by atoms with Gasteiger partial charge in [-0.15, -0.1) is 26.3 Å². The van der Waals surface area contributed by atoms with Gasteiger partial charge in [0, 0.05) is 16.6 Å². The van der Waals surface area contributed by atoms with Gasteiger partial charge in [-0.2, -0.15) is 0 Å². The molecule has 0 unspecified atom stereocenters. The minimum Gasteiger partial charge on any atom is -0.462 e. The van der Waals surface area contributed by atoms with E-state index in [9.17, 15) is 9.59 Å². The fourth-order valence-corrected chi connectivity index (χ4v) is 4.64. The van der Waals surface area contributed by atoms with Gasteiger partial charge < -0.3 is 9.47 Å². The third-order valence-electron chi connectivity index (χ3n) is 7.66. The van der Waals surface area contributed by atoms with E-state index < -0.39 is 5.41 Å². The minimum atomic E-state index is -0.534. The summed E-state index contributed by atoms with van der Waals surface area (Å²) in [5, 5.41) is 0. The van der Waals surface area contributed by atoms with E-state index in [0.717, 1.165) is 89.9 Å². The number of rotatable bonds is 32. The first kappa shape index (κ1) is 45.3. The van der Waals surface area contributed by atoms with Crippen LogP contribution in [-0.2, 0) is 19.1 Å². The van der Waals surface area contributed by atoms with Crippen molar-refractivity contribution in [3.63, 3.8) is 0 Å². The van der Waals surface area contributed by atoms with Crippen molar-refractivity contribution in [2.75, 3.05) is 13.2 Å². The van der Waals surface area contributed by atoms with Crippen LogP contribution in [0.25, 0.3) is 0 Å². The van der Waals surface area contributed by atoms with Gasteiger partial charge in [0.2, 0.25) is 0 Å². The van der Waals surface area contributed by atoms with E-state index in [4.69, 9.17) is 9.47 Å². The number of carbonyl (C=O) groups excluding carboxylic acids is 2. The average Bonchev–Trinajstić information content (AvgIpc) is 3.09. The van der Waals surface area contributed by atoms with Crippen molar-refractivity contribution >= 4 is 11.9 Å². The lowest BCUT2D eigenvalue weighted by Crippen LogP contribution is -2.29. The maximum Gasteiger partial charge on any atom is 0.333 e. The van der Waals surface area contributed by atoms with Gasteiger partial charge in [0.25, 0.3) is 0 Å². The summed E-state index contributed by atoms with van der Waals surface area (Å²) in [5.41, 5.74) is 0.826. The van der Waals surface area contributed by atoms with E-state index in [1.165, 1.54) is 0 Å². The van der Waals surface area contributed by atoms with Crippen molar-refractivity contribution in [3.8, 4) is 0 Å². The maximum absolute atomic E-state index is 13.2. The Morgan fingerprint density at radius 1 is 0.469 bits per heavy atom. The number of hydrogen-bond acceptors (Lipinski definition) is 4. The minimum absolute atomic E-state index is 0.158. The lowest BCUT2D eigenvalue weighted by Gasteiger charge is -2.24. The van der Waals surface area contributed by atoms with Crippen molar-refractivity contribution in [3.05, 3.63) is 123 Å². The van der Waals surface area contributed by atoms with E-state index >= 15 is 0 Å². The second-order valence-corrected chi connectivity index (χ2v) is 13.1. The molecule has 0 aromatic rings. The van der Waals surface area contributed by atoms with Crippen LogP contribution in [0.2, 0.25) is 0 Å². The summed E-state index contributed by atoms with van der Waals surface area (Å²) in [7, 11) is 0. The molecular formula is C45H68O4. The lowest BCUT2D eigenvalue weighted by atomic mass is 9.96. The Hall–Kier alpha value is -3.66. The van der Waals surface area contributed by atoms with E-state index in [2.05, 4.69) is 74.9 Å². The SMILES string of the molecule is C=CCCC/C=C/C/C=C(/CC/C=C/CCCC=C)C(=O)OCC(C)(C)COC(=O)/C(=C\C/C=C/CCCC=C)CC/C=C/CCCC=C. The van der Waals surface area contributed by atoms with Crippen LogP contribution in [0.5, 0.6) is 0 Å². The van der Waals surface area contributed by atoms with Crippen molar-refractivity contribution < 1.29 is 19.1 Å². The Bertz CT molecular complexity index is 1020. The van der Waals surface area contributed by atoms with Crippen LogP contribution < -0.4 is 0 Å². The van der Waals surface area contributed by atoms with Gasteiger partial charge in [-0.25, -0.2) is 9.59 Å². The van der Waals surface area contributed by atoms with Gasteiger partial charge in [-0.1, -0.05) is 98.9 Å². The molecule has 0 aliphatic heterocycles. The normalized spacial score (nSPS) is 12.7. The molecule has 0 N–H and O–H groups in total. The fraction of sp³-hybridized carbons (Fsp3) is 0.511. The zero-order chi connectivity index (χ0) is 36.3. The summed E-state index contributed by atoms with van der Waals surface area (Å²) in [6, 6.07) is 0. The Balaban J connectivity index is 5.26. The van der Waals surface area contributed by atoms with E-state index in [-0.39, 0.29) is 25.2 Å². The third-order valence-corrected chi connectivity index (χ3v) is 7.66. The average molecular weight is 673 g/mol. The van der Waals surface area contributed by atoms with Crippen LogP contribution in [0.3, 0.4) is 0 Å². The van der Waals surface area contributed by atoms with Crippen LogP contribution in [-0.4, -0.2) is 25.2 Å². The first-order valence-corrected chi connectivity index (χ1v) is 18.6. The molecule has 0 radical (unpaired) electrons. The number of esters is 2. The number of unbranched alkanes of at least 4 members (excludes halogenated alkanes) is 8. The van der Waals surface area contributed by atoms with E-state index in [0.29, 0.717) is 36.8 Å². The molecule has 0 aromatic carbocycles. The third kappa shape index (κ3) is 29.0. The molecule has 49 heavy (non-hydrogen) atoms. The molecule has 0 atom stereocenters. The highest BCUT2D eigenvalue weighted by Crippen LogP contribution is 2.20. The number of ether oxygens (including phenoxy) is 2. The van der Waals surface area contributed by atoms with Crippen molar-refractivity contribution in [1.29, 1.82) is 0 Å². The molecule has 0 amide bonds. The van der Waals surface area contributed by atoms with Crippen LogP contribution in [0.4, 0.5) is 0 Å². The van der Waals surface area contributed by atoms with Gasteiger partial charge in [-0.05, 0) is 116 Å². The van der Waals surface area contributed by atoms with Crippen molar-refractivity contribution in [2.45, 2.75) is 129 Å². The molecule has 0 spiro atoms. The quantitative estimate of drug-likeness (QED) is 0.0309. The molecule has 0 aliphatic rings. The topological polar surface area (TPSA) is 52.6 Å². The summed E-state index contributed by atoms with van der Waals surface area (Å²) < 4.78 is 11.6. The predicted octanol–water partition coefficient (Wildman–Crippen LogP) is 12.9. The summed E-state index contributed by atoms with van der Waals surface area (Å²) in [5.74, 6) is -0.611. The number of carbonyl (C=O) groups is 2. The molecule has 0 fully saturated rings. The summed E-state index contributed by atoms with van der Waals surface area (Å²) in [6.45, 7) is 19.3. The zero-order valence-electron chi connectivity index (χ0n) is 31.2. The summed E-state index contributed by atoms with van der Waals surface area (Å²) >= 11 is 0. The molecular weight excluding hydrogens is 604 g/mol. The van der Waals surface area contributed by atoms with E-state index in [1.54, 1.807) is 0 Å². The molecule has 272 valence electrons. The Morgan fingerprint density at radius 3 is 1.10 bits per heavy atom. The molecule has 0 saturated heterocycles. The second-order valence-electron chi connectivity index (χ2n) is 13.1. The maximum atomic E-state index is 13.2. The van der Waals surface area contributed by atoms with Crippen molar-refractivity contribution in [1.82, 2.24) is 0 Å². The molecule has 0 saturated carbocycles. The summed E-state index contributed by atoms with van der Waals surface area (Å²) in [4.78, 5) is 26.4. The van der Waals surface area contributed by atoms with Crippen LogP contribution in [0.15, 0.2) is 123 Å². The fourth-order valence-electron chi connectivity index (χ4n) is 4.64. The highest BCUT2D eigenvalue weighted by Gasteiger charge is 2.24. The number of hydrogen-bond donors (Lipinski definition) is 0. The first-order chi connectivity index (χ1) is 23.8. The van der Waals surface area contributed by atoms with Crippen molar-refractivity contribution in [2.24, 2.45) is 5.41 Å². The molecule has 0 aliphatic carbocycles. The van der Waals surface area contributed by atoms with Gasteiger partial charge in [-0.3, -0.25) is 0 Å². The van der Waals surface area contributed by atoms with Gasteiger partial charge >= 0.3 is 11.9 Å². The molecule has 0 rings (SSSR count). The van der Waals surface area contributed by atoms with Gasteiger partial charge in [0.05, 0.1) is 13.2 Å². The predicted molar refractivity (Wildman–Crippen MR) is 212 cm³/mol. The van der Waals surface area contributed by atoms with Gasteiger partial charge in [0.1, 0.15) is 0 Å². The monoisotopic (exact) mass is 673 g/mol. The van der Waals surface area contributed by atoms with Crippen LogP contribution >= 0.6 is 0 Å². The first-order valence-electron chi connectivity index (χ1n) is 18.6. The number of allylic oxidation sites excluding steroid dienone is 14. The Labute approximate surface area is 300 Å². The Morgan fingerprint density at radius 2 is 0.776 bits per heavy atom. The van der Waals surface area contributed by atoms with Gasteiger partial charge in [0.15, 0.2) is 0 Å². The Kier molecular flexibility index (Phi) is 30.4. The molecule has 4 nitrogen and oxygen atoms in total. The largest absolute Gasteiger partial charge is 0.462 e. The van der Waals surface area contributed by atoms with Crippen LogP contribution in [0.1, 0.15) is 129 Å². The summed E-state index contributed by atoms with van der Waals surface area (Å²) in [6.07, 6.45) is 45.4. The lowest BCUT2D eigenvalue weighted by molar-refractivity contribution is -0.148. The highest BCUT2D eigenvalue weighted by molar-refractivity contribution is 5.89. The zero-order valence-corrected chi connectivity index (χ0v) is 31.2. The van der Waals surface area contributed by atoms with E-state index in [1.807, 2.05) is 50.3 Å². The molecule has 0 aromatic heterocycles. The molecule has 0 bridgehead atoms. The highest BCUT2D eigenvalue weighted by atomic mass is 16.5. The standard InChI is InChI=1S/C45H68O4/c1-7-11-15-19-23-27-31-35-41(36-32-28-24-20-16-12-8-2)43(46)48-39-45(5,6)40-49-44(47)42(37-33-29-25-21-17-13-9-3)38-34-30-26-22-18-14-10-4/h7-10,23-30,35,37H,1-4,11-22,31-34,36,38-40H2,5-6H3/b27-23+,28-24+,29-25+,30-26+,41-35-,42-37-. The molecule has 4 heteroatoms. The molecule has 0 heterocycles.